The van der Waals surface area contributed by atoms with Crippen molar-refractivity contribution < 1.29 is 29.0 Å². The number of methoxy groups -OCH3 is 2. The maximum absolute atomic E-state index is 13.1. The Morgan fingerprint density at radius 2 is 1.72 bits per heavy atom. The zero-order valence-corrected chi connectivity index (χ0v) is 19.8. The van der Waals surface area contributed by atoms with Crippen molar-refractivity contribution >= 4 is 11.9 Å². The normalized spacial score (nSPS) is 14.4. The minimum atomic E-state index is -0.228. The summed E-state index contributed by atoms with van der Waals surface area (Å²) in [7, 11) is 3.14. The Morgan fingerprint density at radius 1 is 1.03 bits per heavy atom. The highest BCUT2D eigenvalue weighted by Crippen LogP contribution is 2.39. The monoisotopic (exact) mass is 439 g/mol. The maximum Gasteiger partial charge on any atom is 0.231 e. The number of ether oxygens (including phenoxy) is 3. The lowest BCUT2D eigenvalue weighted by atomic mass is 10.0. The molecule has 0 saturated heterocycles. The van der Waals surface area contributed by atoms with Crippen LogP contribution in [-0.2, 0) is 6.54 Å². The number of allylic oxidation sites excluding steroid dienone is 1. The van der Waals surface area contributed by atoms with Gasteiger partial charge in [0.1, 0.15) is 23.8 Å². The number of carbonyl (C=O) groups excluding carboxylic acids is 1. The van der Waals surface area contributed by atoms with E-state index in [9.17, 15) is 9.90 Å². The summed E-state index contributed by atoms with van der Waals surface area (Å²) in [5.74, 6) is 2.47. The van der Waals surface area contributed by atoms with E-state index in [1.54, 1.807) is 44.6 Å². The van der Waals surface area contributed by atoms with Crippen molar-refractivity contribution in [3.05, 3.63) is 52.8 Å². The number of fused-ring (bicyclic) bond motifs is 1. The number of nitrogens with one attached hydrogen (secondary N) is 1. The van der Waals surface area contributed by atoms with E-state index in [0.717, 1.165) is 13.1 Å². The second-order valence-electron chi connectivity index (χ2n) is 9.09. The molecule has 2 aromatic rings. The Morgan fingerprint density at radius 3 is 2.31 bits per heavy atom. The van der Waals surface area contributed by atoms with Crippen LogP contribution < -0.4 is 24.2 Å². The van der Waals surface area contributed by atoms with E-state index in [2.05, 4.69) is 27.7 Å². The smallest absolute Gasteiger partial charge is 0.231 e. The first-order valence-corrected chi connectivity index (χ1v) is 11.1. The fourth-order valence-electron chi connectivity index (χ4n) is 4.17. The highest BCUT2D eigenvalue weighted by atomic mass is 16.5. The zero-order valence-electron chi connectivity index (χ0n) is 19.8. The van der Waals surface area contributed by atoms with Crippen molar-refractivity contribution in [2.45, 2.75) is 34.2 Å². The van der Waals surface area contributed by atoms with Gasteiger partial charge in [0.05, 0.1) is 32.9 Å². The lowest BCUT2D eigenvalue weighted by Gasteiger charge is -2.26. The molecule has 0 aliphatic carbocycles. The van der Waals surface area contributed by atoms with Crippen molar-refractivity contribution in [3.8, 4) is 23.0 Å². The van der Waals surface area contributed by atoms with E-state index in [-0.39, 0.29) is 17.3 Å². The quantitative estimate of drug-likeness (QED) is 0.608. The number of quaternary nitrogens is 1. The SMILES string of the molecule is COc1ccc(C=C2Oc3c(ccc([O-])c3C[NH+](CC(C)C)CC(C)C)C2=O)c(OC)c1. The molecule has 3 rings (SSSR count). The van der Waals surface area contributed by atoms with Crippen molar-refractivity contribution in [1.82, 2.24) is 0 Å². The van der Waals surface area contributed by atoms with E-state index in [1.807, 2.05) is 0 Å². The van der Waals surface area contributed by atoms with Crippen molar-refractivity contribution in [2.75, 3.05) is 27.3 Å². The van der Waals surface area contributed by atoms with E-state index in [1.165, 1.54) is 11.0 Å². The molecule has 1 N–H and O–H groups in total. The summed E-state index contributed by atoms with van der Waals surface area (Å²) in [6.07, 6.45) is 1.65. The standard InChI is InChI=1S/C26H33NO5/c1-16(2)13-27(14-17(3)4)15-21-22(28)10-9-20-25(29)24(32-26(20)21)11-18-7-8-19(30-5)12-23(18)31-6/h7-12,16-17,28H,13-15H2,1-6H3. The third-order valence-electron chi connectivity index (χ3n) is 5.45. The molecule has 32 heavy (non-hydrogen) atoms. The molecule has 172 valence electrons. The summed E-state index contributed by atoms with van der Waals surface area (Å²) in [6.45, 7) is 11.1. The lowest BCUT2D eigenvalue weighted by Crippen LogP contribution is -3.11. The molecule has 0 aromatic heterocycles. The molecule has 6 heteroatoms. The molecular weight excluding hydrogens is 406 g/mol. The van der Waals surface area contributed by atoms with Crippen LogP contribution in [0.25, 0.3) is 6.08 Å². The lowest BCUT2D eigenvalue weighted by molar-refractivity contribution is -0.919. The predicted octanol–water partition coefficient (Wildman–Crippen LogP) is 3.09. The fourth-order valence-corrected chi connectivity index (χ4v) is 4.17. The van der Waals surface area contributed by atoms with Gasteiger partial charge in [0, 0.05) is 29.0 Å². The number of carbonyl (C=O) groups is 1. The van der Waals surface area contributed by atoms with Gasteiger partial charge >= 0.3 is 0 Å². The first-order chi connectivity index (χ1) is 15.2. The van der Waals surface area contributed by atoms with Gasteiger partial charge in [-0.05, 0) is 24.3 Å². The summed E-state index contributed by atoms with van der Waals surface area (Å²) in [5.41, 5.74) is 1.70. The first kappa shape index (κ1) is 23.7. The molecule has 2 aromatic carbocycles. The van der Waals surface area contributed by atoms with Crippen LogP contribution in [-0.4, -0.2) is 33.1 Å². The van der Waals surface area contributed by atoms with Crippen LogP contribution in [0.4, 0.5) is 0 Å². The largest absolute Gasteiger partial charge is 0.872 e. The van der Waals surface area contributed by atoms with E-state index >= 15 is 0 Å². The number of benzene rings is 2. The van der Waals surface area contributed by atoms with Gasteiger partial charge in [0.15, 0.2) is 5.76 Å². The Balaban J connectivity index is 1.95. The molecule has 0 unspecified atom stereocenters. The van der Waals surface area contributed by atoms with E-state index in [0.29, 0.717) is 52.3 Å². The van der Waals surface area contributed by atoms with E-state index < -0.39 is 0 Å². The van der Waals surface area contributed by atoms with Gasteiger partial charge in [-0.15, -0.1) is 0 Å². The van der Waals surface area contributed by atoms with Crippen LogP contribution >= 0.6 is 0 Å². The number of hydrogen-bond donors (Lipinski definition) is 1. The van der Waals surface area contributed by atoms with Crippen molar-refractivity contribution in [3.63, 3.8) is 0 Å². The number of Topliss-reactive ketones (excluding diaryl/α,β-unsaturated/α-hetero) is 1. The van der Waals surface area contributed by atoms with Gasteiger partial charge in [-0.1, -0.05) is 39.5 Å². The van der Waals surface area contributed by atoms with Crippen LogP contribution in [0, 0.1) is 11.8 Å². The molecule has 1 aliphatic heterocycles. The Kier molecular flexibility index (Phi) is 7.46. The molecule has 0 fully saturated rings. The number of hydrogen-bond acceptors (Lipinski definition) is 5. The fraction of sp³-hybridized carbons (Fsp3) is 0.423. The minimum absolute atomic E-state index is 0.0927. The molecule has 0 atom stereocenters. The predicted molar refractivity (Wildman–Crippen MR) is 122 cm³/mol. The van der Waals surface area contributed by atoms with Gasteiger partial charge in [0.2, 0.25) is 5.78 Å². The number of rotatable bonds is 9. The van der Waals surface area contributed by atoms with Crippen LogP contribution in [0.3, 0.4) is 0 Å². The molecule has 0 amide bonds. The van der Waals surface area contributed by atoms with Crippen LogP contribution in [0.1, 0.15) is 49.2 Å². The van der Waals surface area contributed by atoms with Crippen molar-refractivity contribution in [1.29, 1.82) is 0 Å². The molecule has 1 aliphatic rings. The van der Waals surface area contributed by atoms with Gasteiger partial charge < -0.3 is 24.2 Å². The highest BCUT2D eigenvalue weighted by molar-refractivity contribution is 6.15. The third kappa shape index (κ3) is 5.25. The maximum atomic E-state index is 13.1. The summed E-state index contributed by atoms with van der Waals surface area (Å²) in [6, 6.07) is 8.40. The first-order valence-electron chi connectivity index (χ1n) is 11.1. The molecule has 6 nitrogen and oxygen atoms in total. The molecular formula is C26H33NO5. The summed E-state index contributed by atoms with van der Waals surface area (Å²) < 4.78 is 16.7. The minimum Gasteiger partial charge on any atom is -0.872 e. The van der Waals surface area contributed by atoms with Crippen molar-refractivity contribution in [2.24, 2.45) is 11.8 Å². The molecule has 0 bridgehead atoms. The Hall–Kier alpha value is -2.99. The Bertz CT molecular complexity index is 1000. The highest BCUT2D eigenvalue weighted by Gasteiger charge is 2.31. The summed E-state index contributed by atoms with van der Waals surface area (Å²) in [4.78, 5) is 14.4. The molecule has 0 saturated carbocycles. The van der Waals surface area contributed by atoms with Crippen LogP contribution in [0.15, 0.2) is 36.1 Å². The molecule has 0 spiro atoms. The second-order valence-corrected chi connectivity index (χ2v) is 9.09. The van der Waals surface area contributed by atoms with Gasteiger partial charge in [-0.2, -0.15) is 0 Å². The average Bonchev–Trinajstić information content (AvgIpc) is 3.05. The summed E-state index contributed by atoms with van der Waals surface area (Å²) >= 11 is 0. The number of ketones is 1. The zero-order chi connectivity index (χ0) is 23.4. The third-order valence-corrected chi connectivity index (χ3v) is 5.45. The Labute approximate surface area is 190 Å². The van der Waals surface area contributed by atoms with Gasteiger partial charge in [0.25, 0.3) is 0 Å². The molecule has 0 radical (unpaired) electrons. The van der Waals surface area contributed by atoms with Crippen LogP contribution in [0.5, 0.6) is 23.0 Å². The summed E-state index contributed by atoms with van der Waals surface area (Å²) in [5, 5.41) is 12.8. The second kappa shape index (κ2) is 10.1. The molecule has 1 heterocycles. The topological polar surface area (TPSA) is 72.3 Å². The van der Waals surface area contributed by atoms with Gasteiger partial charge in [-0.3, -0.25) is 4.79 Å². The van der Waals surface area contributed by atoms with Gasteiger partial charge in [-0.25, -0.2) is 0 Å². The van der Waals surface area contributed by atoms with Crippen LogP contribution in [0.2, 0.25) is 0 Å². The average molecular weight is 440 g/mol. The van der Waals surface area contributed by atoms with E-state index in [4.69, 9.17) is 14.2 Å².